The van der Waals surface area contributed by atoms with Crippen LogP contribution in [0.1, 0.15) is 27.7 Å². The van der Waals surface area contributed by atoms with Gasteiger partial charge < -0.3 is 24.3 Å². The minimum atomic E-state index is -2.89. The van der Waals surface area contributed by atoms with Crippen molar-refractivity contribution in [1.29, 1.82) is 0 Å². The van der Waals surface area contributed by atoms with Crippen molar-refractivity contribution in [2.24, 2.45) is 5.92 Å². The highest BCUT2D eigenvalue weighted by Gasteiger charge is 2.54. The van der Waals surface area contributed by atoms with Crippen LogP contribution in [0, 0.1) is 18.3 Å². The van der Waals surface area contributed by atoms with Crippen LogP contribution in [0.5, 0.6) is 0 Å². The zero-order valence-corrected chi connectivity index (χ0v) is 23.0. The lowest BCUT2D eigenvalue weighted by atomic mass is 9.99. The summed E-state index contributed by atoms with van der Waals surface area (Å²) < 4.78 is 18.9. The van der Waals surface area contributed by atoms with Crippen LogP contribution in [0.25, 0.3) is 0 Å². The Labute approximate surface area is 224 Å². The molecule has 200 valence electrons. The molecule has 0 aliphatic carbocycles. The summed E-state index contributed by atoms with van der Waals surface area (Å²) in [6.45, 7) is 7.93. The first kappa shape index (κ1) is 27.6. The third-order valence-electron chi connectivity index (χ3n) is 6.93. The maximum atomic E-state index is 12.7. The number of carbonyl (C=O) groups excluding carboxylic acids is 2. The van der Waals surface area contributed by atoms with Crippen molar-refractivity contribution < 1.29 is 28.6 Å². The number of hydrogen-bond donors (Lipinski definition) is 2. The number of aliphatic hydroxyl groups excluding tert-OH is 1. The van der Waals surface area contributed by atoms with E-state index < -0.39 is 50.9 Å². The SMILES string of the molecule is C#CC1C(CO[Si](c2ccccc2)(c2ccccc2)C(C)(C)C)OC(N2C=CC(O)NC2=O)C1OC(C)=O. The molecule has 2 aromatic carbocycles. The number of terminal acetylenes is 1. The molecule has 2 amide bonds. The van der Waals surface area contributed by atoms with Crippen molar-refractivity contribution in [2.75, 3.05) is 6.61 Å². The average Bonchev–Trinajstić information content (AvgIpc) is 3.21. The Morgan fingerprint density at radius 2 is 1.71 bits per heavy atom. The summed E-state index contributed by atoms with van der Waals surface area (Å²) in [6.07, 6.45) is 5.05. The Morgan fingerprint density at radius 1 is 1.13 bits per heavy atom. The molecule has 2 aliphatic rings. The van der Waals surface area contributed by atoms with Crippen LogP contribution in [0.4, 0.5) is 4.79 Å². The number of aliphatic hydroxyl groups is 1. The Hall–Kier alpha value is -3.42. The molecule has 2 aliphatic heterocycles. The monoisotopic (exact) mass is 534 g/mol. The van der Waals surface area contributed by atoms with Crippen LogP contribution in [-0.4, -0.2) is 61.6 Å². The quantitative estimate of drug-likeness (QED) is 0.322. The van der Waals surface area contributed by atoms with Crippen molar-refractivity contribution in [3.8, 4) is 12.3 Å². The molecule has 5 atom stereocenters. The molecular weight excluding hydrogens is 500 g/mol. The van der Waals surface area contributed by atoms with Gasteiger partial charge in [-0.25, -0.2) is 4.79 Å². The maximum absolute atomic E-state index is 12.7. The van der Waals surface area contributed by atoms with Gasteiger partial charge >= 0.3 is 12.0 Å². The van der Waals surface area contributed by atoms with Gasteiger partial charge in [0.2, 0.25) is 0 Å². The Kier molecular flexibility index (Phi) is 8.09. The molecule has 2 aromatic rings. The zero-order valence-electron chi connectivity index (χ0n) is 22.0. The standard InChI is InChI=1S/C29H34N2O6Si/c1-6-23-24(37-27(26(23)36-20(2)32)31-18-17-25(33)30-28(31)34)19-35-38(29(3,4)5,21-13-9-7-10-14-21)22-15-11-8-12-16-22/h1,7-18,23-27,33H,19H2,2-5H3,(H,30,34). The Bertz CT molecular complexity index is 1170. The smallest absolute Gasteiger partial charge is 0.325 e. The number of nitrogens with one attached hydrogen (secondary N) is 1. The normalized spacial score (nSPS) is 25.5. The largest absolute Gasteiger partial charge is 0.456 e. The second-order valence-electron chi connectivity index (χ2n) is 10.4. The number of hydrogen-bond acceptors (Lipinski definition) is 6. The molecule has 5 unspecified atom stereocenters. The van der Waals surface area contributed by atoms with Crippen molar-refractivity contribution >= 4 is 30.7 Å². The number of carbonyl (C=O) groups is 2. The van der Waals surface area contributed by atoms with E-state index in [1.165, 1.54) is 24.1 Å². The van der Waals surface area contributed by atoms with Crippen molar-refractivity contribution in [1.82, 2.24) is 10.2 Å². The van der Waals surface area contributed by atoms with E-state index in [2.05, 4.69) is 56.3 Å². The lowest BCUT2D eigenvalue weighted by Crippen LogP contribution is -2.67. The van der Waals surface area contributed by atoms with Gasteiger partial charge in [0, 0.05) is 13.1 Å². The second kappa shape index (κ2) is 11.1. The van der Waals surface area contributed by atoms with Crippen LogP contribution in [0.3, 0.4) is 0 Å². The summed E-state index contributed by atoms with van der Waals surface area (Å²) in [7, 11) is -2.89. The third-order valence-corrected chi connectivity index (χ3v) is 11.9. The minimum Gasteiger partial charge on any atom is -0.456 e. The van der Waals surface area contributed by atoms with Gasteiger partial charge in [0.05, 0.1) is 18.6 Å². The van der Waals surface area contributed by atoms with E-state index >= 15 is 0 Å². The van der Waals surface area contributed by atoms with Gasteiger partial charge in [0.25, 0.3) is 8.32 Å². The molecule has 9 heteroatoms. The number of rotatable bonds is 7. The molecule has 0 radical (unpaired) electrons. The lowest BCUT2D eigenvalue weighted by molar-refractivity contribution is -0.154. The van der Waals surface area contributed by atoms with Gasteiger partial charge in [-0.1, -0.05) is 87.4 Å². The highest BCUT2D eigenvalue weighted by Crippen LogP contribution is 2.39. The van der Waals surface area contributed by atoms with Gasteiger partial charge in [-0.2, -0.15) is 0 Å². The van der Waals surface area contributed by atoms with Gasteiger partial charge in [0.1, 0.15) is 6.23 Å². The first-order valence-electron chi connectivity index (χ1n) is 12.6. The first-order chi connectivity index (χ1) is 18.1. The molecule has 2 N–H and O–H groups in total. The highest BCUT2D eigenvalue weighted by molar-refractivity contribution is 6.99. The summed E-state index contributed by atoms with van der Waals surface area (Å²) in [4.78, 5) is 25.9. The van der Waals surface area contributed by atoms with E-state index in [0.717, 1.165) is 10.4 Å². The molecule has 0 spiro atoms. The number of ether oxygens (including phenoxy) is 2. The van der Waals surface area contributed by atoms with Crippen LogP contribution in [-0.2, 0) is 18.7 Å². The van der Waals surface area contributed by atoms with E-state index in [0.29, 0.717) is 0 Å². The average molecular weight is 535 g/mol. The zero-order chi connectivity index (χ0) is 27.5. The fraction of sp³-hybridized carbons (Fsp3) is 0.379. The molecule has 4 rings (SSSR count). The van der Waals surface area contributed by atoms with Gasteiger partial charge in [-0.15, -0.1) is 6.42 Å². The predicted molar refractivity (Wildman–Crippen MR) is 146 cm³/mol. The second-order valence-corrected chi connectivity index (χ2v) is 14.8. The predicted octanol–water partition coefficient (Wildman–Crippen LogP) is 2.33. The molecule has 0 saturated carbocycles. The summed E-state index contributed by atoms with van der Waals surface area (Å²) >= 11 is 0. The first-order valence-corrected chi connectivity index (χ1v) is 14.5. The van der Waals surface area contributed by atoms with Crippen LogP contribution in [0.2, 0.25) is 5.04 Å². The summed E-state index contributed by atoms with van der Waals surface area (Å²) in [5.41, 5.74) is 0. The highest BCUT2D eigenvalue weighted by atomic mass is 28.4. The molecule has 1 saturated heterocycles. The van der Waals surface area contributed by atoms with Crippen molar-refractivity contribution in [2.45, 2.75) is 57.4 Å². The molecule has 8 nitrogen and oxygen atoms in total. The maximum Gasteiger partial charge on any atom is 0.325 e. The van der Waals surface area contributed by atoms with E-state index in [-0.39, 0.29) is 11.6 Å². The number of urea groups is 1. The Balaban J connectivity index is 1.71. The van der Waals surface area contributed by atoms with E-state index in [1.54, 1.807) is 0 Å². The number of nitrogens with zero attached hydrogens (tertiary/aromatic N) is 1. The van der Waals surface area contributed by atoms with E-state index in [1.807, 2.05) is 36.4 Å². The minimum absolute atomic E-state index is 0.123. The van der Waals surface area contributed by atoms with Gasteiger partial charge in [-0.3, -0.25) is 9.69 Å². The van der Waals surface area contributed by atoms with Gasteiger partial charge in [-0.05, 0) is 21.5 Å². The van der Waals surface area contributed by atoms with Gasteiger partial charge in [0.15, 0.2) is 12.3 Å². The van der Waals surface area contributed by atoms with E-state index in [9.17, 15) is 14.7 Å². The van der Waals surface area contributed by atoms with Crippen molar-refractivity contribution in [3.63, 3.8) is 0 Å². The fourth-order valence-electron chi connectivity index (χ4n) is 5.28. The number of amides is 2. The molecule has 0 aromatic heterocycles. The Morgan fingerprint density at radius 3 is 2.18 bits per heavy atom. The lowest BCUT2D eigenvalue weighted by Gasteiger charge is -2.43. The third kappa shape index (κ3) is 5.26. The van der Waals surface area contributed by atoms with Crippen LogP contribution < -0.4 is 15.7 Å². The van der Waals surface area contributed by atoms with E-state index in [4.69, 9.17) is 20.3 Å². The summed E-state index contributed by atoms with van der Waals surface area (Å²) in [5.74, 6) is 1.50. The molecule has 0 bridgehead atoms. The topological polar surface area (TPSA) is 97.3 Å². The summed E-state index contributed by atoms with van der Waals surface area (Å²) in [6, 6.07) is 19.8. The van der Waals surface area contributed by atoms with Crippen LogP contribution >= 0.6 is 0 Å². The van der Waals surface area contributed by atoms with Crippen molar-refractivity contribution in [3.05, 3.63) is 72.9 Å². The molecular formula is C29H34N2O6Si. The molecule has 1 fully saturated rings. The number of esters is 1. The van der Waals surface area contributed by atoms with Crippen LogP contribution in [0.15, 0.2) is 72.9 Å². The number of benzene rings is 2. The fourth-order valence-corrected chi connectivity index (χ4v) is 9.85. The summed E-state index contributed by atoms with van der Waals surface area (Å²) in [5, 5.41) is 14.1. The molecule has 38 heavy (non-hydrogen) atoms. The molecule has 2 heterocycles.